The second-order valence-electron chi connectivity index (χ2n) is 4.93. The lowest BCUT2D eigenvalue weighted by Crippen LogP contribution is -1.99. The van der Waals surface area contributed by atoms with E-state index in [0.29, 0.717) is 17.9 Å². The van der Waals surface area contributed by atoms with Crippen LogP contribution in [0.3, 0.4) is 0 Å². The van der Waals surface area contributed by atoms with Crippen LogP contribution < -0.4 is 4.74 Å². The lowest BCUT2D eigenvalue weighted by Gasteiger charge is -2.10. The zero-order chi connectivity index (χ0) is 14.7. The fraction of sp³-hybridized carbons (Fsp3) is 0.176. The van der Waals surface area contributed by atoms with Crippen molar-refractivity contribution in [3.8, 4) is 11.8 Å². The molecule has 104 valence electrons. The molecule has 0 bridgehead atoms. The van der Waals surface area contributed by atoms with Crippen molar-refractivity contribution in [1.29, 1.82) is 5.26 Å². The number of benzene rings is 2. The van der Waals surface area contributed by atoms with E-state index in [2.05, 4.69) is 11.2 Å². The van der Waals surface area contributed by atoms with E-state index in [1.165, 1.54) is 0 Å². The van der Waals surface area contributed by atoms with Gasteiger partial charge in [0.05, 0.1) is 17.3 Å². The van der Waals surface area contributed by atoms with Gasteiger partial charge in [0.2, 0.25) is 0 Å². The summed E-state index contributed by atoms with van der Waals surface area (Å²) in [5.74, 6) is 0.829. The summed E-state index contributed by atoms with van der Waals surface area (Å²) in [6, 6.07) is 15.2. The number of oxime groups is 1. The van der Waals surface area contributed by atoms with Crippen molar-refractivity contribution in [1.82, 2.24) is 0 Å². The average Bonchev–Trinajstić information content (AvgIpc) is 2.97. The first kappa shape index (κ1) is 13.2. The lowest BCUT2D eigenvalue weighted by atomic mass is 10.1. The van der Waals surface area contributed by atoms with Crippen LogP contribution in [0.5, 0.6) is 5.75 Å². The van der Waals surface area contributed by atoms with Crippen LogP contribution in [-0.4, -0.2) is 10.9 Å². The van der Waals surface area contributed by atoms with E-state index in [1.807, 2.05) is 30.3 Å². The molecule has 0 amide bonds. The summed E-state index contributed by atoms with van der Waals surface area (Å²) in [6.45, 7) is 0.452. The quantitative estimate of drug-likeness (QED) is 0.692. The predicted octanol–water partition coefficient (Wildman–Crippen LogP) is 3.26. The minimum absolute atomic E-state index is 0.452. The number of ether oxygens (including phenoxy) is 1. The second kappa shape index (κ2) is 5.68. The Kier molecular flexibility index (Phi) is 3.57. The Morgan fingerprint density at radius 2 is 1.95 bits per heavy atom. The van der Waals surface area contributed by atoms with E-state index in [4.69, 9.17) is 15.2 Å². The molecular weight excluding hydrogens is 264 g/mol. The normalized spacial score (nSPS) is 14.7. The third kappa shape index (κ3) is 2.59. The Morgan fingerprint density at radius 3 is 2.67 bits per heavy atom. The monoisotopic (exact) mass is 278 g/mol. The van der Waals surface area contributed by atoms with Crippen molar-refractivity contribution < 1.29 is 9.94 Å². The van der Waals surface area contributed by atoms with Crippen molar-refractivity contribution in [2.24, 2.45) is 5.16 Å². The highest BCUT2D eigenvalue weighted by molar-refractivity contribution is 6.04. The first-order valence-electron chi connectivity index (χ1n) is 6.77. The summed E-state index contributed by atoms with van der Waals surface area (Å²) in [4.78, 5) is 0. The van der Waals surface area contributed by atoms with Crippen LogP contribution in [0.2, 0.25) is 0 Å². The van der Waals surface area contributed by atoms with Gasteiger partial charge in [-0.1, -0.05) is 29.4 Å². The smallest absolute Gasteiger partial charge is 0.123 e. The van der Waals surface area contributed by atoms with Gasteiger partial charge < -0.3 is 9.94 Å². The molecule has 0 fully saturated rings. The van der Waals surface area contributed by atoms with Crippen LogP contribution in [0.15, 0.2) is 47.6 Å². The van der Waals surface area contributed by atoms with Gasteiger partial charge in [0.15, 0.2) is 0 Å². The van der Waals surface area contributed by atoms with Crippen molar-refractivity contribution in [2.45, 2.75) is 19.4 Å². The van der Waals surface area contributed by atoms with Gasteiger partial charge in [-0.05, 0) is 36.6 Å². The molecule has 0 spiro atoms. The molecule has 0 saturated carbocycles. The Morgan fingerprint density at radius 1 is 1.14 bits per heavy atom. The van der Waals surface area contributed by atoms with Gasteiger partial charge in [-0.15, -0.1) is 0 Å². The summed E-state index contributed by atoms with van der Waals surface area (Å²) in [7, 11) is 0. The van der Waals surface area contributed by atoms with E-state index in [-0.39, 0.29) is 0 Å². The van der Waals surface area contributed by atoms with Crippen molar-refractivity contribution in [3.05, 3.63) is 64.7 Å². The standard InChI is InChI=1S/C17H14N2O2/c18-10-12-4-6-13(7-5-12)11-21-17-3-1-2-14-15(17)8-9-16(14)19-20/h1-7,20H,8-9,11H2. The van der Waals surface area contributed by atoms with Crippen LogP contribution in [-0.2, 0) is 13.0 Å². The van der Waals surface area contributed by atoms with E-state index in [0.717, 1.165) is 35.3 Å². The van der Waals surface area contributed by atoms with E-state index in [9.17, 15) is 0 Å². The minimum Gasteiger partial charge on any atom is -0.489 e. The second-order valence-corrected chi connectivity index (χ2v) is 4.93. The molecule has 1 aliphatic rings. The van der Waals surface area contributed by atoms with Crippen molar-refractivity contribution in [2.75, 3.05) is 0 Å². The Balaban J connectivity index is 1.77. The van der Waals surface area contributed by atoms with Gasteiger partial charge >= 0.3 is 0 Å². The highest BCUT2D eigenvalue weighted by atomic mass is 16.5. The molecule has 21 heavy (non-hydrogen) atoms. The number of rotatable bonds is 3. The zero-order valence-electron chi connectivity index (χ0n) is 11.4. The number of nitrogens with zero attached hydrogens (tertiary/aromatic N) is 2. The third-order valence-electron chi connectivity index (χ3n) is 3.65. The maximum absolute atomic E-state index is 8.98. The molecule has 3 rings (SSSR count). The Bertz CT molecular complexity index is 727. The van der Waals surface area contributed by atoms with Crippen molar-refractivity contribution in [3.63, 3.8) is 0 Å². The topological polar surface area (TPSA) is 65.6 Å². The van der Waals surface area contributed by atoms with Gasteiger partial charge in [-0.2, -0.15) is 5.26 Å². The minimum atomic E-state index is 0.452. The molecule has 0 heterocycles. The maximum atomic E-state index is 8.98. The SMILES string of the molecule is N#Cc1ccc(COc2cccc3c2CCC3=NO)cc1. The van der Waals surface area contributed by atoms with Crippen LogP contribution in [0, 0.1) is 11.3 Å². The molecule has 0 unspecified atom stereocenters. The van der Waals surface area contributed by atoms with E-state index in [1.54, 1.807) is 12.1 Å². The first-order valence-corrected chi connectivity index (χ1v) is 6.77. The molecule has 0 aliphatic heterocycles. The number of fused-ring (bicyclic) bond motifs is 1. The highest BCUT2D eigenvalue weighted by Gasteiger charge is 2.21. The first-order chi connectivity index (χ1) is 10.3. The van der Waals surface area contributed by atoms with Crippen LogP contribution in [0.1, 0.15) is 28.7 Å². The molecule has 0 atom stereocenters. The van der Waals surface area contributed by atoms with Gasteiger partial charge in [0.1, 0.15) is 12.4 Å². The highest BCUT2D eigenvalue weighted by Crippen LogP contribution is 2.31. The molecule has 1 aliphatic carbocycles. The molecule has 0 radical (unpaired) electrons. The third-order valence-corrected chi connectivity index (χ3v) is 3.65. The van der Waals surface area contributed by atoms with Crippen LogP contribution >= 0.6 is 0 Å². The van der Waals surface area contributed by atoms with Gasteiger partial charge in [-0.25, -0.2) is 0 Å². The van der Waals surface area contributed by atoms with E-state index >= 15 is 0 Å². The largest absolute Gasteiger partial charge is 0.489 e. The summed E-state index contributed by atoms with van der Waals surface area (Å²) < 4.78 is 5.88. The maximum Gasteiger partial charge on any atom is 0.123 e. The van der Waals surface area contributed by atoms with E-state index < -0.39 is 0 Å². The van der Waals surface area contributed by atoms with Gasteiger partial charge in [0, 0.05) is 11.1 Å². The fourth-order valence-electron chi connectivity index (χ4n) is 2.55. The molecular formula is C17H14N2O2. The Labute approximate surface area is 122 Å². The zero-order valence-corrected chi connectivity index (χ0v) is 11.4. The van der Waals surface area contributed by atoms with Crippen LogP contribution in [0.4, 0.5) is 0 Å². The molecule has 1 N–H and O–H groups in total. The molecule has 0 aromatic heterocycles. The molecule has 0 saturated heterocycles. The molecule has 4 nitrogen and oxygen atoms in total. The van der Waals surface area contributed by atoms with Crippen molar-refractivity contribution >= 4 is 5.71 Å². The molecule has 2 aromatic rings. The molecule has 4 heteroatoms. The number of nitriles is 1. The Hall–Kier alpha value is -2.80. The number of hydrogen-bond acceptors (Lipinski definition) is 4. The van der Waals surface area contributed by atoms with Crippen LogP contribution in [0.25, 0.3) is 0 Å². The summed E-state index contributed by atoms with van der Waals surface area (Å²) in [6.07, 6.45) is 1.57. The summed E-state index contributed by atoms with van der Waals surface area (Å²) >= 11 is 0. The molecule has 2 aromatic carbocycles. The number of hydrogen-bond donors (Lipinski definition) is 1. The fourth-order valence-corrected chi connectivity index (χ4v) is 2.55. The summed E-state index contributed by atoms with van der Waals surface area (Å²) in [5, 5.41) is 21.1. The average molecular weight is 278 g/mol. The lowest BCUT2D eigenvalue weighted by molar-refractivity contribution is 0.303. The van der Waals surface area contributed by atoms with Gasteiger partial charge in [-0.3, -0.25) is 0 Å². The van der Waals surface area contributed by atoms with Gasteiger partial charge in [0.25, 0.3) is 0 Å². The predicted molar refractivity (Wildman–Crippen MR) is 78.6 cm³/mol. The summed E-state index contributed by atoms with van der Waals surface area (Å²) in [5.41, 5.74) is 4.44.